The highest BCUT2D eigenvalue weighted by Gasteiger charge is 2.09. The van der Waals surface area contributed by atoms with E-state index in [0.717, 1.165) is 5.56 Å². The zero-order valence-corrected chi connectivity index (χ0v) is 7.69. The summed E-state index contributed by atoms with van der Waals surface area (Å²) in [7, 11) is 0. The van der Waals surface area contributed by atoms with E-state index in [4.69, 9.17) is 4.42 Å². The van der Waals surface area contributed by atoms with Crippen molar-refractivity contribution in [1.29, 1.82) is 0 Å². The van der Waals surface area contributed by atoms with Crippen LogP contribution < -0.4 is 5.76 Å². The predicted molar refractivity (Wildman–Crippen MR) is 51.3 cm³/mol. The molecule has 1 aromatic carbocycles. The van der Waals surface area contributed by atoms with Crippen molar-refractivity contribution in [2.75, 3.05) is 0 Å². The number of para-hydroxylation sites is 1. The van der Waals surface area contributed by atoms with Crippen molar-refractivity contribution in [1.82, 2.24) is 4.57 Å². The van der Waals surface area contributed by atoms with Crippen LogP contribution in [-0.4, -0.2) is 10.9 Å². The van der Waals surface area contributed by atoms with Gasteiger partial charge in [0.15, 0.2) is 5.58 Å². The third-order valence-electron chi connectivity index (χ3n) is 2.15. The van der Waals surface area contributed by atoms with Crippen LogP contribution in [-0.2, 0) is 11.3 Å². The molecule has 2 aromatic rings. The molecule has 0 spiro atoms. The van der Waals surface area contributed by atoms with Gasteiger partial charge >= 0.3 is 5.76 Å². The SMILES string of the molecule is Cc1cccc2oc(=O)n(CC=O)c12. The molecule has 1 aromatic heterocycles. The molecule has 0 unspecified atom stereocenters. The maximum absolute atomic E-state index is 11.3. The van der Waals surface area contributed by atoms with E-state index in [1.807, 2.05) is 19.1 Å². The Bertz CT molecular complexity index is 536. The van der Waals surface area contributed by atoms with Crippen molar-refractivity contribution in [3.05, 3.63) is 34.3 Å². The standard InChI is InChI=1S/C10H9NO3/c1-7-3-2-4-8-9(7)11(5-6-12)10(13)14-8/h2-4,6H,5H2,1H3. The van der Waals surface area contributed by atoms with E-state index in [9.17, 15) is 9.59 Å². The zero-order valence-electron chi connectivity index (χ0n) is 7.69. The summed E-state index contributed by atoms with van der Waals surface area (Å²) in [5.74, 6) is -0.485. The Morgan fingerprint density at radius 2 is 2.29 bits per heavy atom. The number of fused-ring (bicyclic) bond motifs is 1. The Kier molecular flexibility index (Phi) is 1.96. The summed E-state index contributed by atoms with van der Waals surface area (Å²) in [6, 6.07) is 5.40. The van der Waals surface area contributed by atoms with E-state index in [1.54, 1.807) is 6.07 Å². The lowest BCUT2D eigenvalue weighted by atomic mass is 10.2. The number of hydrogen-bond acceptors (Lipinski definition) is 3. The Hall–Kier alpha value is -1.84. The van der Waals surface area contributed by atoms with Gasteiger partial charge in [-0.15, -0.1) is 0 Å². The highest BCUT2D eigenvalue weighted by atomic mass is 16.4. The van der Waals surface area contributed by atoms with Crippen LogP contribution in [0.2, 0.25) is 0 Å². The van der Waals surface area contributed by atoms with Gasteiger partial charge in [-0.3, -0.25) is 4.57 Å². The fraction of sp³-hybridized carbons (Fsp3) is 0.200. The molecule has 72 valence electrons. The van der Waals surface area contributed by atoms with Crippen LogP contribution in [0.4, 0.5) is 0 Å². The Morgan fingerprint density at radius 1 is 1.50 bits per heavy atom. The summed E-state index contributed by atoms with van der Waals surface area (Å²) in [6.07, 6.45) is 0.683. The second-order valence-electron chi connectivity index (χ2n) is 3.07. The van der Waals surface area contributed by atoms with Crippen molar-refractivity contribution in [3.8, 4) is 0 Å². The van der Waals surface area contributed by atoms with E-state index in [-0.39, 0.29) is 6.54 Å². The Labute approximate surface area is 79.8 Å². The van der Waals surface area contributed by atoms with Gasteiger partial charge in [-0.2, -0.15) is 0 Å². The summed E-state index contributed by atoms with van der Waals surface area (Å²) < 4.78 is 6.31. The summed E-state index contributed by atoms with van der Waals surface area (Å²) in [6.45, 7) is 1.91. The molecule has 4 heteroatoms. The molecule has 0 aliphatic heterocycles. The van der Waals surface area contributed by atoms with Crippen molar-refractivity contribution < 1.29 is 9.21 Å². The number of aromatic nitrogens is 1. The monoisotopic (exact) mass is 191 g/mol. The second kappa shape index (κ2) is 3.14. The summed E-state index contributed by atoms with van der Waals surface area (Å²) >= 11 is 0. The van der Waals surface area contributed by atoms with E-state index in [1.165, 1.54) is 4.57 Å². The van der Waals surface area contributed by atoms with Gasteiger partial charge < -0.3 is 9.21 Å². The molecule has 2 rings (SSSR count). The van der Waals surface area contributed by atoms with Crippen LogP contribution in [0.25, 0.3) is 11.1 Å². The quantitative estimate of drug-likeness (QED) is 0.668. The third-order valence-corrected chi connectivity index (χ3v) is 2.15. The first-order chi connectivity index (χ1) is 6.74. The minimum atomic E-state index is -0.485. The van der Waals surface area contributed by atoms with Crippen LogP contribution in [0.15, 0.2) is 27.4 Å². The zero-order chi connectivity index (χ0) is 10.1. The second-order valence-corrected chi connectivity index (χ2v) is 3.07. The van der Waals surface area contributed by atoms with Gasteiger partial charge in [0.1, 0.15) is 6.29 Å². The van der Waals surface area contributed by atoms with Gasteiger partial charge in [-0.25, -0.2) is 4.79 Å². The van der Waals surface area contributed by atoms with Crippen LogP contribution in [0.5, 0.6) is 0 Å². The van der Waals surface area contributed by atoms with Gasteiger partial charge in [-0.1, -0.05) is 12.1 Å². The van der Waals surface area contributed by atoms with E-state index in [2.05, 4.69) is 0 Å². The molecule has 0 N–H and O–H groups in total. The normalized spacial score (nSPS) is 10.6. The average Bonchev–Trinajstić information content (AvgIpc) is 2.45. The maximum atomic E-state index is 11.3. The molecule has 0 atom stereocenters. The molecule has 14 heavy (non-hydrogen) atoms. The smallest absolute Gasteiger partial charge is 0.408 e. The lowest BCUT2D eigenvalue weighted by Gasteiger charge is -1.97. The molecular weight excluding hydrogens is 182 g/mol. The van der Waals surface area contributed by atoms with E-state index >= 15 is 0 Å². The largest absolute Gasteiger partial charge is 0.420 e. The number of rotatable bonds is 2. The maximum Gasteiger partial charge on any atom is 0.420 e. The summed E-state index contributed by atoms with van der Waals surface area (Å²) in [4.78, 5) is 21.7. The highest BCUT2D eigenvalue weighted by molar-refractivity contribution is 5.77. The first-order valence-electron chi connectivity index (χ1n) is 4.26. The van der Waals surface area contributed by atoms with Gasteiger partial charge in [0, 0.05) is 0 Å². The first kappa shape index (κ1) is 8.74. The van der Waals surface area contributed by atoms with Crippen LogP contribution >= 0.6 is 0 Å². The molecule has 0 amide bonds. The Balaban J connectivity index is 2.86. The van der Waals surface area contributed by atoms with Crippen molar-refractivity contribution in [3.63, 3.8) is 0 Å². The molecule has 4 nitrogen and oxygen atoms in total. The van der Waals surface area contributed by atoms with Gasteiger partial charge in [0.25, 0.3) is 0 Å². The number of aryl methyl sites for hydroxylation is 1. The lowest BCUT2D eigenvalue weighted by Crippen LogP contribution is -2.15. The van der Waals surface area contributed by atoms with Crippen molar-refractivity contribution in [2.45, 2.75) is 13.5 Å². The number of aldehydes is 1. The molecule has 0 saturated carbocycles. The molecule has 0 bridgehead atoms. The molecule has 0 radical (unpaired) electrons. The fourth-order valence-corrected chi connectivity index (χ4v) is 1.54. The van der Waals surface area contributed by atoms with Gasteiger partial charge in [-0.05, 0) is 18.6 Å². The topological polar surface area (TPSA) is 52.2 Å². The number of oxazole rings is 1. The van der Waals surface area contributed by atoms with Crippen LogP contribution in [0.1, 0.15) is 5.56 Å². The molecule has 0 aliphatic rings. The molecule has 0 fully saturated rings. The van der Waals surface area contributed by atoms with E-state index in [0.29, 0.717) is 17.4 Å². The third kappa shape index (κ3) is 1.16. The molecule has 0 aliphatic carbocycles. The molecular formula is C10H9NO3. The molecule has 1 heterocycles. The average molecular weight is 191 g/mol. The van der Waals surface area contributed by atoms with Gasteiger partial charge in [0.2, 0.25) is 0 Å². The minimum absolute atomic E-state index is 0.0384. The number of carbonyl (C=O) groups is 1. The number of hydrogen-bond donors (Lipinski definition) is 0. The van der Waals surface area contributed by atoms with Crippen LogP contribution in [0, 0.1) is 6.92 Å². The highest BCUT2D eigenvalue weighted by Crippen LogP contribution is 2.16. The Morgan fingerprint density at radius 3 is 3.00 bits per heavy atom. The van der Waals surface area contributed by atoms with Crippen molar-refractivity contribution in [2.24, 2.45) is 0 Å². The molecule has 0 saturated heterocycles. The fourth-order valence-electron chi connectivity index (χ4n) is 1.54. The number of carbonyl (C=O) groups excluding carboxylic acids is 1. The summed E-state index contributed by atoms with van der Waals surface area (Å²) in [5.41, 5.74) is 2.15. The van der Waals surface area contributed by atoms with E-state index < -0.39 is 5.76 Å². The van der Waals surface area contributed by atoms with Crippen molar-refractivity contribution >= 4 is 17.4 Å². The number of nitrogens with zero attached hydrogens (tertiary/aromatic N) is 1. The predicted octanol–water partition coefficient (Wildman–Crippen LogP) is 1.10. The lowest BCUT2D eigenvalue weighted by molar-refractivity contribution is -0.108. The van der Waals surface area contributed by atoms with Crippen LogP contribution in [0.3, 0.4) is 0 Å². The first-order valence-corrected chi connectivity index (χ1v) is 4.26. The minimum Gasteiger partial charge on any atom is -0.408 e. The summed E-state index contributed by atoms with van der Waals surface area (Å²) in [5, 5.41) is 0. The van der Waals surface area contributed by atoms with Gasteiger partial charge in [0.05, 0.1) is 12.1 Å². The number of benzene rings is 1.